The van der Waals surface area contributed by atoms with Crippen LogP contribution in [0.2, 0.25) is 0 Å². The van der Waals surface area contributed by atoms with Gasteiger partial charge in [0, 0.05) is 19.1 Å². The second kappa shape index (κ2) is 3.68. The number of halogens is 2. The van der Waals surface area contributed by atoms with Crippen LogP contribution >= 0.6 is 0 Å². The molecule has 2 aliphatic rings. The molecule has 4 nitrogen and oxygen atoms in total. The first-order valence-electron chi connectivity index (χ1n) is 5.04. The lowest BCUT2D eigenvalue weighted by molar-refractivity contribution is -0.159. The van der Waals surface area contributed by atoms with E-state index in [2.05, 4.69) is 4.74 Å². The van der Waals surface area contributed by atoms with Crippen LogP contribution in [-0.2, 0) is 9.53 Å². The summed E-state index contributed by atoms with van der Waals surface area (Å²) in [5.41, 5.74) is 5.68. The smallest absolute Gasteiger partial charge is 0.377 e. The van der Waals surface area contributed by atoms with Crippen LogP contribution in [0.25, 0.3) is 0 Å². The summed E-state index contributed by atoms with van der Waals surface area (Å²) >= 11 is 0. The number of hydrogen-bond acceptors (Lipinski definition) is 4. The molecule has 1 unspecified atom stereocenters. The minimum Gasteiger partial charge on any atom is -0.456 e. The molecule has 0 aromatic heterocycles. The molecule has 0 radical (unpaired) electrons. The summed E-state index contributed by atoms with van der Waals surface area (Å²) < 4.78 is 30.2. The molecule has 0 saturated carbocycles. The Morgan fingerprint density at radius 1 is 1.60 bits per heavy atom. The predicted octanol–water partition coefficient (Wildman–Crippen LogP) is -0.0298. The molecule has 2 aliphatic heterocycles. The zero-order valence-corrected chi connectivity index (χ0v) is 8.29. The van der Waals surface area contributed by atoms with Gasteiger partial charge >= 0.3 is 11.9 Å². The summed E-state index contributed by atoms with van der Waals surface area (Å²) in [7, 11) is 0. The number of likely N-dealkylation sites (tertiary alicyclic amines) is 1. The molecule has 0 aliphatic carbocycles. The lowest BCUT2D eigenvalue weighted by atomic mass is 10.2. The van der Waals surface area contributed by atoms with Crippen molar-refractivity contribution in [2.45, 2.75) is 30.9 Å². The van der Waals surface area contributed by atoms with Crippen molar-refractivity contribution in [2.75, 3.05) is 19.6 Å². The zero-order valence-electron chi connectivity index (χ0n) is 8.29. The molecule has 2 rings (SSSR count). The summed E-state index contributed by atoms with van der Waals surface area (Å²) in [6, 6.07) is 0.114. The van der Waals surface area contributed by atoms with Gasteiger partial charge in [0.2, 0.25) is 0 Å². The second-order valence-electron chi connectivity index (χ2n) is 4.24. The number of ether oxygens (including phenoxy) is 1. The van der Waals surface area contributed by atoms with Gasteiger partial charge in [0.05, 0.1) is 6.42 Å². The Labute approximate surface area is 86.4 Å². The third kappa shape index (κ3) is 2.26. The molecule has 86 valence electrons. The Morgan fingerprint density at radius 2 is 2.33 bits per heavy atom. The van der Waals surface area contributed by atoms with E-state index in [0.717, 1.165) is 13.0 Å². The zero-order chi connectivity index (χ0) is 11.1. The first-order valence-corrected chi connectivity index (χ1v) is 5.04. The summed E-state index contributed by atoms with van der Waals surface area (Å²) in [6.07, 6.45) is -0.313. The first kappa shape index (κ1) is 10.8. The number of alkyl halides is 2. The molecule has 2 heterocycles. The minimum absolute atomic E-state index is 0.114. The average molecular weight is 220 g/mol. The van der Waals surface area contributed by atoms with Gasteiger partial charge in [0.25, 0.3) is 0 Å². The van der Waals surface area contributed by atoms with Gasteiger partial charge in [-0.15, -0.1) is 0 Å². The Kier molecular flexibility index (Phi) is 2.64. The van der Waals surface area contributed by atoms with Crippen molar-refractivity contribution in [2.24, 2.45) is 5.73 Å². The number of nitrogens with two attached hydrogens (primary N) is 1. The number of hydrogen-bond donors (Lipinski definition) is 1. The van der Waals surface area contributed by atoms with Gasteiger partial charge in [-0.1, -0.05) is 0 Å². The summed E-state index contributed by atoms with van der Waals surface area (Å²) in [6.45, 7) is 1.86. The summed E-state index contributed by atoms with van der Waals surface area (Å²) in [5, 5.41) is 0. The molecule has 15 heavy (non-hydrogen) atoms. The van der Waals surface area contributed by atoms with Gasteiger partial charge in [0.1, 0.15) is 6.10 Å². The highest BCUT2D eigenvalue weighted by Gasteiger charge is 2.51. The van der Waals surface area contributed by atoms with Crippen molar-refractivity contribution in [1.29, 1.82) is 0 Å². The third-order valence-electron chi connectivity index (χ3n) is 2.83. The lowest BCUT2D eigenvalue weighted by Gasteiger charge is -2.18. The standard InChI is InChI=1S/C9H14F2N2O2/c10-9(11)3-7(15-8(9)14)5-13-2-1-6(12)4-13/h6-7H,1-5,12H2/t6-,7?/m0/s1. The fourth-order valence-electron chi connectivity index (χ4n) is 2.07. The predicted molar refractivity (Wildman–Crippen MR) is 48.5 cm³/mol. The van der Waals surface area contributed by atoms with Crippen molar-refractivity contribution < 1.29 is 18.3 Å². The maximum atomic E-state index is 12.8. The van der Waals surface area contributed by atoms with Crippen LogP contribution in [0.1, 0.15) is 12.8 Å². The largest absolute Gasteiger partial charge is 0.456 e. The van der Waals surface area contributed by atoms with E-state index in [1.165, 1.54) is 0 Å². The van der Waals surface area contributed by atoms with Crippen molar-refractivity contribution in [1.82, 2.24) is 4.90 Å². The summed E-state index contributed by atoms with van der Waals surface area (Å²) in [4.78, 5) is 12.7. The van der Waals surface area contributed by atoms with Crippen LogP contribution in [0.3, 0.4) is 0 Å². The monoisotopic (exact) mass is 220 g/mol. The SMILES string of the molecule is N[C@H]1CCN(CC2CC(F)(F)C(=O)O2)C1. The molecule has 0 aromatic rings. The molecule has 0 amide bonds. The van der Waals surface area contributed by atoms with E-state index < -0.39 is 24.4 Å². The normalized spacial score (nSPS) is 35.8. The Morgan fingerprint density at radius 3 is 2.80 bits per heavy atom. The van der Waals surface area contributed by atoms with Crippen molar-refractivity contribution >= 4 is 5.97 Å². The fourth-order valence-corrected chi connectivity index (χ4v) is 2.07. The first-order chi connectivity index (χ1) is 6.97. The number of carbonyl (C=O) groups excluding carboxylic acids is 1. The van der Waals surface area contributed by atoms with E-state index in [-0.39, 0.29) is 6.04 Å². The quantitative estimate of drug-likeness (QED) is 0.664. The fraction of sp³-hybridized carbons (Fsp3) is 0.889. The minimum atomic E-state index is -3.30. The van der Waals surface area contributed by atoms with Gasteiger partial charge in [0.15, 0.2) is 0 Å². The Bertz CT molecular complexity index is 273. The molecular weight excluding hydrogens is 206 g/mol. The Hall–Kier alpha value is -0.750. The van der Waals surface area contributed by atoms with Crippen LogP contribution in [-0.4, -0.2) is 48.6 Å². The van der Waals surface area contributed by atoms with Crippen LogP contribution in [0.5, 0.6) is 0 Å². The van der Waals surface area contributed by atoms with Crippen molar-refractivity contribution in [3.8, 4) is 0 Å². The molecular formula is C9H14F2N2O2. The van der Waals surface area contributed by atoms with Crippen LogP contribution in [0.4, 0.5) is 8.78 Å². The maximum Gasteiger partial charge on any atom is 0.377 e. The average Bonchev–Trinajstić information content (AvgIpc) is 2.59. The molecule has 6 heteroatoms. The van der Waals surface area contributed by atoms with Crippen molar-refractivity contribution in [3.63, 3.8) is 0 Å². The topological polar surface area (TPSA) is 55.6 Å². The third-order valence-corrected chi connectivity index (χ3v) is 2.83. The molecule has 0 aromatic carbocycles. The number of cyclic esters (lactones) is 1. The second-order valence-corrected chi connectivity index (χ2v) is 4.24. The molecule has 0 bridgehead atoms. The van der Waals surface area contributed by atoms with E-state index in [4.69, 9.17) is 5.73 Å². The van der Waals surface area contributed by atoms with Crippen LogP contribution in [0, 0.1) is 0 Å². The van der Waals surface area contributed by atoms with Crippen molar-refractivity contribution in [3.05, 3.63) is 0 Å². The van der Waals surface area contributed by atoms with E-state index >= 15 is 0 Å². The number of nitrogens with zero attached hydrogens (tertiary/aromatic N) is 1. The van der Waals surface area contributed by atoms with Gasteiger partial charge in [-0.3, -0.25) is 4.90 Å². The molecule has 0 spiro atoms. The summed E-state index contributed by atoms with van der Waals surface area (Å²) in [5.74, 6) is -4.69. The number of esters is 1. The number of rotatable bonds is 2. The van der Waals surface area contributed by atoms with E-state index in [9.17, 15) is 13.6 Å². The van der Waals surface area contributed by atoms with E-state index in [1.807, 2.05) is 4.90 Å². The molecule has 2 N–H and O–H groups in total. The van der Waals surface area contributed by atoms with Gasteiger partial charge in [-0.2, -0.15) is 8.78 Å². The molecule has 2 fully saturated rings. The maximum absolute atomic E-state index is 12.8. The molecule has 2 atom stereocenters. The van der Waals surface area contributed by atoms with E-state index in [1.54, 1.807) is 0 Å². The van der Waals surface area contributed by atoms with Gasteiger partial charge in [-0.05, 0) is 13.0 Å². The highest BCUT2D eigenvalue weighted by Crippen LogP contribution is 2.31. The van der Waals surface area contributed by atoms with Gasteiger partial charge in [-0.25, -0.2) is 4.79 Å². The number of carbonyl (C=O) groups is 1. The highest BCUT2D eigenvalue weighted by atomic mass is 19.3. The highest BCUT2D eigenvalue weighted by molar-refractivity contribution is 5.79. The van der Waals surface area contributed by atoms with Crippen LogP contribution < -0.4 is 5.73 Å². The van der Waals surface area contributed by atoms with Gasteiger partial charge < -0.3 is 10.5 Å². The molecule has 2 saturated heterocycles. The Balaban J connectivity index is 1.85. The van der Waals surface area contributed by atoms with E-state index in [0.29, 0.717) is 13.1 Å². The lowest BCUT2D eigenvalue weighted by Crippen LogP contribution is -2.33. The van der Waals surface area contributed by atoms with Crippen LogP contribution in [0.15, 0.2) is 0 Å².